The van der Waals surface area contributed by atoms with Crippen LogP contribution in [-0.4, -0.2) is 50.6 Å². The summed E-state index contributed by atoms with van der Waals surface area (Å²) in [6.07, 6.45) is 9.78. The Labute approximate surface area is 171 Å². The van der Waals surface area contributed by atoms with E-state index in [4.69, 9.17) is 0 Å². The van der Waals surface area contributed by atoms with Crippen molar-refractivity contribution in [2.24, 2.45) is 0 Å². The molecule has 166 valence electrons. The quantitative estimate of drug-likeness (QED) is 0.115. The number of hydrogen-bond donors (Lipinski definition) is 2. The monoisotopic (exact) mass is 414 g/mol. The second kappa shape index (κ2) is 16.8. The highest BCUT2D eigenvalue weighted by Gasteiger charge is 2.29. The van der Waals surface area contributed by atoms with Crippen molar-refractivity contribution in [3.05, 3.63) is 44.5 Å². The standard InChI is InChI=1S/C20H34N2O7/c1-2-3-7-12-17(21(26)27)20(25)15-10-9-13-18(22(28)29)19(24)14-8-5-4-6-11-16-23/h3,7,9-10,16-20,24-25H,2,4-6,8,11-15H2,1H3/b7-3-,10-9-. The Bertz CT molecular complexity index is 537. The molecule has 0 aliphatic rings. The molecule has 2 N–H and O–H groups in total. The molecule has 0 spiro atoms. The van der Waals surface area contributed by atoms with E-state index in [1.165, 1.54) is 12.2 Å². The third-order valence-electron chi connectivity index (χ3n) is 4.70. The summed E-state index contributed by atoms with van der Waals surface area (Å²) in [4.78, 5) is 31.5. The molecule has 0 radical (unpaired) electrons. The average Bonchev–Trinajstić information content (AvgIpc) is 2.66. The second-order valence-corrected chi connectivity index (χ2v) is 7.06. The van der Waals surface area contributed by atoms with Crippen molar-refractivity contribution in [3.63, 3.8) is 0 Å². The lowest BCUT2D eigenvalue weighted by Gasteiger charge is -2.15. The van der Waals surface area contributed by atoms with Gasteiger partial charge in [0.25, 0.3) is 0 Å². The van der Waals surface area contributed by atoms with Crippen LogP contribution in [0.2, 0.25) is 0 Å². The van der Waals surface area contributed by atoms with Crippen LogP contribution in [0.15, 0.2) is 24.3 Å². The molecule has 4 unspecified atom stereocenters. The fourth-order valence-electron chi connectivity index (χ4n) is 2.93. The molecule has 0 aromatic heterocycles. The fraction of sp³-hybridized carbons (Fsp3) is 0.750. The zero-order valence-corrected chi connectivity index (χ0v) is 17.1. The molecule has 0 saturated heterocycles. The third-order valence-corrected chi connectivity index (χ3v) is 4.70. The number of carbonyl (C=O) groups is 1. The van der Waals surface area contributed by atoms with Crippen LogP contribution >= 0.6 is 0 Å². The lowest BCUT2D eigenvalue weighted by molar-refractivity contribution is -0.533. The van der Waals surface area contributed by atoms with E-state index in [9.17, 15) is 35.2 Å². The minimum absolute atomic E-state index is 0.00903. The number of aldehydes is 1. The summed E-state index contributed by atoms with van der Waals surface area (Å²) in [7, 11) is 0. The fourth-order valence-corrected chi connectivity index (χ4v) is 2.93. The molecular weight excluding hydrogens is 380 g/mol. The van der Waals surface area contributed by atoms with Crippen LogP contribution in [0.4, 0.5) is 0 Å². The molecule has 0 aromatic carbocycles. The van der Waals surface area contributed by atoms with Gasteiger partial charge in [-0.15, -0.1) is 0 Å². The first-order valence-corrected chi connectivity index (χ1v) is 10.2. The van der Waals surface area contributed by atoms with Gasteiger partial charge in [-0.2, -0.15) is 0 Å². The van der Waals surface area contributed by atoms with Gasteiger partial charge in [0, 0.05) is 29.1 Å². The SMILES string of the molecule is CC/C=C\CC(C(O)C/C=C\CC(C(O)CCCCCCC=O)[N+](=O)[O-])[N+](=O)[O-]. The Hall–Kier alpha value is -2.13. The van der Waals surface area contributed by atoms with Crippen molar-refractivity contribution in [2.75, 3.05) is 0 Å². The Morgan fingerprint density at radius 2 is 1.31 bits per heavy atom. The second-order valence-electron chi connectivity index (χ2n) is 7.06. The van der Waals surface area contributed by atoms with Crippen molar-refractivity contribution >= 4 is 6.29 Å². The topological polar surface area (TPSA) is 144 Å². The molecule has 0 saturated carbocycles. The summed E-state index contributed by atoms with van der Waals surface area (Å²) < 4.78 is 0. The maximum atomic E-state index is 11.2. The smallest absolute Gasteiger partial charge is 0.242 e. The number of nitro groups is 2. The van der Waals surface area contributed by atoms with Gasteiger partial charge in [0.15, 0.2) is 0 Å². The van der Waals surface area contributed by atoms with Crippen LogP contribution in [0, 0.1) is 20.2 Å². The lowest BCUT2D eigenvalue weighted by atomic mass is 10.00. The molecular formula is C20H34N2O7. The predicted molar refractivity (Wildman–Crippen MR) is 110 cm³/mol. The Balaban J connectivity index is 4.46. The van der Waals surface area contributed by atoms with Gasteiger partial charge in [-0.25, -0.2) is 0 Å². The Morgan fingerprint density at radius 3 is 1.86 bits per heavy atom. The predicted octanol–water partition coefficient (Wildman–Crippen LogP) is 3.23. The molecule has 0 aliphatic heterocycles. The van der Waals surface area contributed by atoms with Gasteiger partial charge in [0.2, 0.25) is 12.1 Å². The highest BCUT2D eigenvalue weighted by Crippen LogP contribution is 2.15. The molecule has 9 heteroatoms. The summed E-state index contributed by atoms with van der Waals surface area (Å²) in [6, 6.07) is -2.28. The molecule has 0 bridgehead atoms. The highest BCUT2D eigenvalue weighted by atomic mass is 16.6. The molecule has 0 amide bonds. The number of hydrogen-bond acceptors (Lipinski definition) is 7. The minimum Gasteiger partial charge on any atom is -0.386 e. The van der Waals surface area contributed by atoms with Gasteiger partial charge < -0.3 is 15.0 Å². The Morgan fingerprint density at radius 1 is 0.793 bits per heavy atom. The number of aliphatic hydroxyl groups is 2. The van der Waals surface area contributed by atoms with Crippen molar-refractivity contribution in [3.8, 4) is 0 Å². The van der Waals surface area contributed by atoms with E-state index in [0.717, 1.165) is 32.0 Å². The van der Waals surface area contributed by atoms with E-state index in [2.05, 4.69) is 0 Å². The van der Waals surface area contributed by atoms with E-state index in [1.807, 2.05) is 6.92 Å². The molecule has 0 rings (SSSR count). The Kier molecular flexibility index (Phi) is 15.6. The summed E-state index contributed by atoms with van der Waals surface area (Å²) in [5, 5.41) is 42.4. The van der Waals surface area contributed by atoms with Gasteiger partial charge >= 0.3 is 0 Å². The van der Waals surface area contributed by atoms with Crippen LogP contribution < -0.4 is 0 Å². The van der Waals surface area contributed by atoms with Crippen molar-refractivity contribution in [1.82, 2.24) is 0 Å². The largest absolute Gasteiger partial charge is 0.386 e. The van der Waals surface area contributed by atoms with E-state index in [0.29, 0.717) is 19.3 Å². The van der Waals surface area contributed by atoms with E-state index < -0.39 is 34.1 Å². The van der Waals surface area contributed by atoms with E-state index in [-0.39, 0.29) is 19.3 Å². The lowest BCUT2D eigenvalue weighted by Crippen LogP contribution is -2.33. The van der Waals surface area contributed by atoms with Crippen LogP contribution in [0.3, 0.4) is 0 Å². The zero-order valence-electron chi connectivity index (χ0n) is 17.1. The highest BCUT2D eigenvalue weighted by molar-refractivity contribution is 5.48. The first kappa shape index (κ1) is 26.9. The van der Waals surface area contributed by atoms with Gasteiger partial charge in [0.05, 0.1) is 0 Å². The van der Waals surface area contributed by atoms with Crippen molar-refractivity contribution in [2.45, 2.75) is 95.4 Å². The number of unbranched alkanes of at least 4 members (excludes halogenated alkanes) is 4. The first-order chi connectivity index (χ1) is 13.8. The maximum Gasteiger partial charge on any atom is 0.242 e. The third kappa shape index (κ3) is 12.8. The van der Waals surface area contributed by atoms with Gasteiger partial charge in [0.1, 0.15) is 18.5 Å². The molecule has 29 heavy (non-hydrogen) atoms. The molecule has 9 nitrogen and oxygen atoms in total. The van der Waals surface area contributed by atoms with Crippen LogP contribution in [0.1, 0.15) is 71.1 Å². The number of rotatable bonds is 18. The molecule has 0 aromatic rings. The number of allylic oxidation sites excluding steroid dienone is 1. The van der Waals surface area contributed by atoms with Crippen molar-refractivity contribution < 1.29 is 24.9 Å². The number of carbonyl (C=O) groups excluding carboxylic acids is 1. The van der Waals surface area contributed by atoms with Crippen molar-refractivity contribution in [1.29, 1.82) is 0 Å². The van der Waals surface area contributed by atoms with E-state index >= 15 is 0 Å². The molecule has 4 atom stereocenters. The summed E-state index contributed by atoms with van der Waals surface area (Å²) in [5.74, 6) is 0. The zero-order chi connectivity index (χ0) is 22.1. The first-order valence-electron chi connectivity index (χ1n) is 10.2. The van der Waals surface area contributed by atoms with E-state index in [1.54, 1.807) is 12.2 Å². The molecule has 0 heterocycles. The average molecular weight is 414 g/mol. The van der Waals surface area contributed by atoms with Gasteiger partial charge in [-0.1, -0.05) is 50.5 Å². The van der Waals surface area contributed by atoms with Crippen LogP contribution in [0.25, 0.3) is 0 Å². The maximum absolute atomic E-state index is 11.2. The number of aliphatic hydroxyl groups excluding tert-OH is 2. The summed E-state index contributed by atoms with van der Waals surface area (Å²) >= 11 is 0. The normalized spacial score (nSPS) is 16.0. The molecule has 0 aliphatic carbocycles. The van der Waals surface area contributed by atoms with Gasteiger partial charge in [-0.05, 0) is 25.7 Å². The van der Waals surface area contributed by atoms with Crippen LogP contribution in [-0.2, 0) is 4.79 Å². The number of nitrogens with zero attached hydrogens (tertiary/aromatic N) is 2. The van der Waals surface area contributed by atoms with Gasteiger partial charge in [-0.3, -0.25) is 20.2 Å². The summed E-state index contributed by atoms with van der Waals surface area (Å²) in [5.41, 5.74) is 0. The summed E-state index contributed by atoms with van der Waals surface area (Å²) in [6.45, 7) is 1.91. The molecule has 0 fully saturated rings. The minimum atomic E-state index is -1.19. The van der Waals surface area contributed by atoms with Crippen LogP contribution in [0.5, 0.6) is 0 Å².